The quantitative estimate of drug-likeness (QED) is 0.540. The second kappa shape index (κ2) is 9.01. The monoisotopic (exact) mass is 395 g/mol. The summed E-state index contributed by atoms with van der Waals surface area (Å²) in [5.41, 5.74) is 1.75. The molecule has 2 amide bonds. The second-order valence-corrected chi connectivity index (χ2v) is 6.60. The maximum Gasteiger partial charge on any atom is 0.323 e. The summed E-state index contributed by atoms with van der Waals surface area (Å²) in [4.78, 5) is 20.6. The summed E-state index contributed by atoms with van der Waals surface area (Å²) >= 11 is 0. The van der Waals surface area contributed by atoms with Crippen LogP contribution in [0.25, 0.3) is 0 Å². The number of halogens is 1. The summed E-state index contributed by atoms with van der Waals surface area (Å²) in [5.74, 6) is 1.29. The highest BCUT2D eigenvalue weighted by Crippen LogP contribution is 2.21. The van der Waals surface area contributed by atoms with E-state index in [0.29, 0.717) is 28.9 Å². The molecule has 0 saturated heterocycles. The van der Waals surface area contributed by atoms with Gasteiger partial charge in [0, 0.05) is 23.1 Å². The second-order valence-electron chi connectivity index (χ2n) is 6.60. The molecule has 3 N–H and O–H groups in total. The van der Waals surface area contributed by atoms with Crippen LogP contribution in [-0.2, 0) is 0 Å². The number of carbonyl (C=O) groups excluding carboxylic acids is 1. The van der Waals surface area contributed by atoms with E-state index in [4.69, 9.17) is 4.74 Å². The summed E-state index contributed by atoms with van der Waals surface area (Å²) in [5, 5.41) is 8.46. The largest absolute Gasteiger partial charge is 0.475 e. The molecule has 1 heterocycles. The molecule has 7 nitrogen and oxygen atoms in total. The first-order chi connectivity index (χ1) is 13.9. The highest BCUT2D eigenvalue weighted by Gasteiger charge is 2.07. The Morgan fingerprint density at radius 2 is 1.66 bits per heavy atom. The fraction of sp³-hybridized carbons (Fsp3) is 0.190. The molecular weight excluding hydrogens is 373 g/mol. The predicted octanol–water partition coefficient (Wildman–Crippen LogP) is 5.10. The molecule has 8 heteroatoms. The van der Waals surface area contributed by atoms with Gasteiger partial charge in [0.2, 0.25) is 5.88 Å². The van der Waals surface area contributed by atoms with Crippen molar-refractivity contribution in [3.8, 4) is 5.88 Å². The fourth-order valence-electron chi connectivity index (χ4n) is 2.55. The number of aromatic nitrogens is 2. The third kappa shape index (κ3) is 6.17. The van der Waals surface area contributed by atoms with Crippen molar-refractivity contribution in [1.29, 1.82) is 0 Å². The minimum Gasteiger partial charge on any atom is -0.475 e. The summed E-state index contributed by atoms with van der Waals surface area (Å²) < 4.78 is 18.8. The summed E-state index contributed by atoms with van der Waals surface area (Å²) in [6, 6.07) is 14.1. The standard InChI is InChI=1S/C21H22FN5O2/c1-13(2)29-20-12-19(23-14(3)24-20)25-16-7-9-17(10-8-16)26-21(28)27-18-6-4-5-15(22)11-18/h4-13H,1-3H3,(H,23,24,25)(H2,26,27,28). The lowest BCUT2D eigenvalue weighted by Gasteiger charge is -2.12. The molecule has 0 aliphatic rings. The van der Waals surface area contributed by atoms with Crippen LogP contribution in [0.2, 0.25) is 0 Å². The number of ether oxygens (including phenoxy) is 1. The van der Waals surface area contributed by atoms with E-state index in [-0.39, 0.29) is 6.10 Å². The molecule has 0 atom stereocenters. The maximum absolute atomic E-state index is 13.2. The van der Waals surface area contributed by atoms with Gasteiger partial charge in [-0.1, -0.05) is 6.07 Å². The number of nitrogens with zero attached hydrogens (tertiary/aromatic N) is 2. The van der Waals surface area contributed by atoms with E-state index in [1.165, 1.54) is 18.2 Å². The molecule has 3 aromatic rings. The first kappa shape index (κ1) is 20.1. The van der Waals surface area contributed by atoms with Crippen LogP contribution in [0, 0.1) is 12.7 Å². The highest BCUT2D eigenvalue weighted by atomic mass is 19.1. The number of hydrogen-bond donors (Lipinski definition) is 3. The molecule has 3 rings (SSSR count). The van der Waals surface area contributed by atoms with Crippen LogP contribution >= 0.6 is 0 Å². The third-order valence-corrected chi connectivity index (χ3v) is 3.67. The molecule has 0 aliphatic carbocycles. The van der Waals surface area contributed by atoms with E-state index in [0.717, 1.165) is 5.69 Å². The van der Waals surface area contributed by atoms with E-state index in [1.807, 2.05) is 13.8 Å². The van der Waals surface area contributed by atoms with Crippen molar-refractivity contribution in [2.45, 2.75) is 26.9 Å². The SMILES string of the molecule is Cc1nc(Nc2ccc(NC(=O)Nc3cccc(F)c3)cc2)cc(OC(C)C)n1. The average Bonchev–Trinajstić information content (AvgIpc) is 2.62. The van der Waals surface area contributed by atoms with Crippen molar-refractivity contribution < 1.29 is 13.9 Å². The van der Waals surface area contributed by atoms with Crippen LogP contribution in [0.1, 0.15) is 19.7 Å². The molecule has 0 bridgehead atoms. The van der Waals surface area contributed by atoms with Gasteiger partial charge in [-0.05, 0) is 63.2 Å². The molecule has 0 aliphatic heterocycles. The first-order valence-electron chi connectivity index (χ1n) is 9.10. The van der Waals surface area contributed by atoms with Crippen molar-refractivity contribution >= 4 is 28.9 Å². The third-order valence-electron chi connectivity index (χ3n) is 3.67. The van der Waals surface area contributed by atoms with Crippen LogP contribution in [-0.4, -0.2) is 22.1 Å². The van der Waals surface area contributed by atoms with Gasteiger partial charge < -0.3 is 20.7 Å². The molecule has 0 spiro atoms. The van der Waals surface area contributed by atoms with E-state index in [9.17, 15) is 9.18 Å². The Balaban J connectivity index is 1.61. The van der Waals surface area contributed by atoms with E-state index in [1.54, 1.807) is 43.3 Å². The topological polar surface area (TPSA) is 88.2 Å². The first-order valence-corrected chi connectivity index (χ1v) is 9.10. The Hall–Kier alpha value is -3.68. The van der Waals surface area contributed by atoms with Gasteiger partial charge in [0.1, 0.15) is 17.5 Å². The molecule has 2 aromatic carbocycles. The van der Waals surface area contributed by atoms with Crippen LogP contribution in [0.4, 0.5) is 32.1 Å². The predicted molar refractivity (Wildman–Crippen MR) is 111 cm³/mol. The van der Waals surface area contributed by atoms with Gasteiger partial charge in [-0.3, -0.25) is 0 Å². The molecule has 1 aromatic heterocycles. The average molecular weight is 395 g/mol. The van der Waals surface area contributed by atoms with Crippen molar-refractivity contribution in [3.63, 3.8) is 0 Å². The van der Waals surface area contributed by atoms with E-state index >= 15 is 0 Å². The zero-order chi connectivity index (χ0) is 20.8. The number of carbonyl (C=O) groups is 1. The number of amides is 2. The lowest BCUT2D eigenvalue weighted by atomic mass is 10.2. The Bertz CT molecular complexity index is 993. The summed E-state index contributed by atoms with van der Waals surface area (Å²) in [6.45, 7) is 5.66. The summed E-state index contributed by atoms with van der Waals surface area (Å²) in [6.07, 6.45) is 0.0148. The highest BCUT2D eigenvalue weighted by molar-refractivity contribution is 5.99. The minimum atomic E-state index is -0.460. The van der Waals surface area contributed by atoms with Crippen molar-refractivity contribution in [1.82, 2.24) is 9.97 Å². The van der Waals surface area contributed by atoms with E-state index < -0.39 is 11.8 Å². The number of benzene rings is 2. The van der Waals surface area contributed by atoms with Crippen molar-refractivity contribution in [2.24, 2.45) is 0 Å². The minimum absolute atomic E-state index is 0.0148. The van der Waals surface area contributed by atoms with Gasteiger partial charge in [0.15, 0.2) is 0 Å². The number of aryl methyl sites for hydroxylation is 1. The van der Waals surface area contributed by atoms with Gasteiger partial charge in [-0.25, -0.2) is 14.2 Å². The van der Waals surface area contributed by atoms with Crippen LogP contribution in [0.3, 0.4) is 0 Å². The summed E-state index contributed by atoms with van der Waals surface area (Å²) in [7, 11) is 0. The number of anilines is 4. The van der Waals surface area contributed by atoms with Crippen molar-refractivity contribution in [3.05, 3.63) is 66.2 Å². The lowest BCUT2D eigenvalue weighted by Crippen LogP contribution is -2.19. The Morgan fingerprint density at radius 1 is 0.966 bits per heavy atom. The lowest BCUT2D eigenvalue weighted by molar-refractivity contribution is 0.232. The molecule has 0 radical (unpaired) electrons. The maximum atomic E-state index is 13.2. The molecule has 0 unspecified atom stereocenters. The number of hydrogen-bond acceptors (Lipinski definition) is 5. The molecule has 150 valence electrons. The Morgan fingerprint density at radius 3 is 2.34 bits per heavy atom. The van der Waals surface area contributed by atoms with Crippen LogP contribution in [0.5, 0.6) is 5.88 Å². The number of urea groups is 1. The fourth-order valence-corrected chi connectivity index (χ4v) is 2.55. The smallest absolute Gasteiger partial charge is 0.323 e. The number of nitrogens with one attached hydrogen (secondary N) is 3. The Kier molecular flexibility index (Phi) is 6.23. The molecule has 0 fully saturated rings. The van der Waals surface area contributed by atoms with Gasteiger partial charge in [0.25, 0.3) is 0 Å². The van der Waals surface area contributed by atoms with Crippen molar-refractivity contribution in [2.75, 3.05) is 16.0 Å². The van der Waals surface area contributed by atoms with Crippen LogP contribution < -0.4 is 20.7 Å². The van der Waals surface area contributed by atoms with Crippen LogP contribution in [0.15, 0.2) is 54.6 Å². The number of rotatable bonds is 6. The zero-order valence-corrected chi connectivity index (χ0v) is 16.4. The zero-order valence-electron chi connectivity index (χ0n) is 16.4. The molecular formula is C21H22FN5O2. The molecule has 0 saturated carbocycles. The molecule has 29 heavy (non-hydrogen) atoms. The normalized spacial score (nSPS) is 10.5. The van der Waals surface area contributed by atoms with Gasteiger partial charge in [0.05, 0.1) is 6.10 Å². The van der Waals surface area contributed by atoms with Gasteiger partial charge >= 0.3 is 6.03 Å². The van der Waals surface area contributed by atoms with E-state index in [2.05, 4.69) is 25.9 Å². The van der Waals surface area contributed by atoms with Gasteiger partial charge in [-0.15, -0.1) is 0 Å². The van der Waals surface area contributed by atoms with Gasteiger partial charge in [-0.2, -0.15) is 4.98 Å². The Labute approximate surface area is 168 Å².